The van der Waals surface area contributed by atoms with Gasteiger partial charge >= 0.3 is 12.1 Å². The molecule has 2 aromatic rings. The van der Waals surface area contributed by atoms with Crippen LogP contribution < -0.4 is 0 Å². The van der Waals surface area contributed by atoms with E-state index in [1.165, 1.54) is 12.1 Å². The van der Waals surface area contributed by atoms with Crippen molar-refractivity contribution in [2.75, 3.05) is 6.61 Å². The first-order chi connectivity index (χ1) is 9.84. The van der Waals surface area contributed by atoms with E-state index in [0.29, 0.717) is 0 Å². The smallest absolute Gasteiger partial charge is 0.416 e. The van der Waals surface area contributed by atoms with Gasteiger partial charge in [0.15, 0.2) is 0 Å². The number of esters is 1. The molecule has 1 aromatic carbocycles. The van der Waals surface area contributed by atoms with Crippen molar-refractivity contribution in [2.45, 2.75) is 13.1 Å². The third-order valence-electron chi connectivity index (χ3n) is 2.62. The zero-order chi connectivity index (χ0) is 15.6. The average molecular weight is 319 g/mol. The molecule has 0 radical (unpaired) electrons. The summed E-state index contributed by atoms with van der Waals surface area (Å²) in [6.07, 6.45) is -3.32. The molecule has 1 heterocycles. The van der Waals surface area contributed by atoms with Crippen molar-refractivity contribution in [3.8, 4) is 5.69 Å². The number of carbonyl (C=O) groups excluding carboxylic acids is 1. The zero-order valence-electron chi connectivity index (χ0n) is 10.8. The highest BCUT2D eigenvalue weighted by atomic mass is 35.5. The van der Waals surface area contributed by atoms with E-state index in [0.717, 1.165) is 23.0 Å². The second-order valence-corrected chi connectivity index (χ2v) is 4.39. The quantitative estimate of drug-likeness (QED) is 0.810. The van der Waals surface area contributed by atoms with Crippen LogP contribution in [0.3, 0.4) is 0 Å². The molecule has 1 aromatic heterocycles. The maximum atomic E-state index is 12.7. The molecule has 0 saturated carbocycles. The first-order valence-electron chi connectivity index (χ1n) is 5.93. The predicted octanol–water partition coefficient (Wildman–Crippen LogP) is 3.72. The number of ether oxygens (including phenoxy) is 1. The number of nitrogens with zero attached hydrogens (tertiary/aromatic N) is 2. The van der Waals surface area contributed by atoms with Gasteiger partial charge in [0, 0.05) is 0 Å². The van der Waals surface area contributed by atoms with Crippen LogP contribution in [0.25, 0.3) is 5.69 Å². The van der Waals surface area contributed by atoms with Gasteiger partial charge < -0.3 is 4.74 Å². The topological polar surface area (TPSA) is 44.1 Å². The molecule has 0 aliphatic carbocycles. The standard InChI is InChI=1S/C13H10ClF3N2O2/c1-2-21-12(20)10-7-18-19(11(10)14)9-5-3-4-8(6-9)13(15,16)17/h3-7H,2H2,1H3. The van der Waals surface area contributed by atoms with Gasteiger partial charge in [-0.25, -0.2) is 9.48 Å². The van der Waals surface area contributed by atoms with Gasteiger partial charge in [0.05, 0.1) is 24.1 Å². The number of aromatic nitrogens is 2. The van der Waals surface area contributed by atoms with Gasteiger partial charge in [-0.3, -0.25) is 0 Å². The Morgan fingerprint density at radius 3 is 2.76 bits per heavy atom. The Balaban J connectivity index is 2.42. The molecule has 0 fully saturated rings. The van der Waals surface area contributed by atoms with E-state index >= 15 is 0 Å². The van der Waals surface area contributed by atoms with Crippen molar-refractivity contribution in [3.63, 3.8) is 0 Å². The maximum absolute atomic E-state index is 12.7. The molecule has 0 aliphatic rings. The normalized spacial score (nSPS) is 11.5. The van der Waals surface area contributed by atoms with Crippen molar-refractivity contribution in [1.29, 1.82) is 0 Å². The fraction of sp³-hybridized carbons (Fsp3) is 0.231. The minimum atomic E-state index is -4.47. The summed E-state index contributed by atoms with van der Waals surface area (Å²) in [6.45, 7) is 1.78. The Morgan fingerprint density at radius 1 is 1.43 bits per heavy atom. The number of rotatable bonds is 3. The van der Waals surface area contributed by atoms with E-state index in [2.05, 4.69) is 5.10 Å². The molecular formula is C13H10ClF3N2O2. The fourth-order valence-electron chi connectivity index (χ4n) is 1.67. The number of benzene rings is 1. The maximum Gasteiger partial charge on any atom is 0.416 e. The van der Waals surface area contributed by atoms with Crippen LogP contribution in [-0.4, -0.2) is 22.4 Å². The third-order valence-corrected chi connectivity index (χ3v) is 2.99. The Morgan fingerprint density at radius 2 is 2.14 bits per heavy atom. The highest BCUT2D eigenvalue weighted by molar-refractivity contribution is 6.32. The van der Waals surface area contributed by atoms with E-state index in [1.807, 2.05) is 0 Å². The van der Waals surface area contributed by atoms with E-state index in [9.17, 15) is 18.0 Å². The Bertz CT molecular complexity index is 668. The SMILES string of the molecule is CCOC(=O)c1cnn(-c2cccc(C(F)(F)F)c2)c1Cl. The molecule has 2 rings (SSSR count). The monoisotopic (exact) mass is 318 g/mol. The van der Waals surface area contributed by atoms with Gasteiger partial charge in [-0.05, 0) is 25.1 Å². The summed E-state index contributed by atoms with van der Waals surface area (Å²) in [5.74, 6) is -0.680. The van der Waals surface area contributed by atoms with Crippen molar-refractivity contribution >= 4 is 17.6 Å². The number of alkyl halides is 3. The Hall–Kier alpha value is -2.02. The van der Waals surface area contributed by atoms with Crippen molar-refractivity contribution in [1.82, 2.24) is 9.78 Å². The molecule has 112 valence electrons. The third kappa shape index (κ3) is 3.18. The van der Waals surface area contributed by atoms with E-state index in [4.69, 9.17) is 16.3 Å². The van der Waals surface area contributed by atoms with Crippen LogP contribution in [0.15, 0.2) is 30.5 Å². The second kappa shape index (κ2) is 5.77. The van der Waals surface area contributed by atoms with E-state index in [-0.39, 0.29) is 23.0 Å². The van der Waals surface area contributed by atoms with Crippen LogP contribution in [0, 0.1) is 0 Å². The van der Waals surface area contributed by atoms with Crippen LogP contribution in [-0.2, 0) is 10.9 Å². The number of hydrogen-bond donors (Lipinski definition) is 0. The molecule has 0 amide bonds. The van der Waals surface area contributed by atoms with Gasteiger partial charge in [-0.15, -0.1) is 0 Å². The van der Waals surface area contributed by atoms with Crippen molar-refractivity contribution < 1.29 is 22.7 Å². The van der Waals surface area contributed by atoms with Crippen LogP contribution >= 0.6 is 11.6 Å². The number of halogens is 4. The summed E-state index contributed by atoms with van der Waals surface area (Å²) in [5.41, 5.74) is -0.731. The van der Waals surface area contributed by atoms with Crippen LogP contribution in [0.5, 0.6) is 0 Å². The van der Waals surface area contributed by atoms with Gasteiger partial charge in [-0.2, -0.15) is 18.3 Å². The van der Waals surface area contributed by atoms with Crippen molar-refractivity contribution in [2.24, 2.45) is 0 Å². The Kier molecular flexibility index (Phi) is 4.22. The lowest BCUT2D eigenvalue weighted by Gasteiger charge is -2.09. The van der Waals surface area contributed by atoms with Crippen molar-refractivity contribution in [3.05, 3.63) is 46.7 Å². The molecule has 0 atom stereocenters. The summed E-state index contributed by atoms with van der Waals surface area (Å²) in [7, 11) is 0. The summed E-state index contributed by atoms with van der Waals surface area (Å²) < 4.78 is 43.9. The molecule has 4 nitrogen and oxygen atoms in total. The zero-order valence-corrected chi connectivity index (χ0v) is 11.6. The van der Waals surface area contributed by atoms with E-state index < -0.39 is 17.7 Å². The average Bonchev–Trinajstić information content (AvgIpc) is 2.80. The van der Waals surface area contributed by atoms with Gasteiger partial charge in [0.1, 0.15) is 10.7 Å². The lowest BCUT2D eigenvalue weighted by molar-refractivity contribution is -0.137. The van der Waals surface area contributed by atoms with Crippen LogP contribution in [0.4, 0.5) is 13.2 Å². The molecule has 0 saturated heterocycles. The molecule has 0 aliphatic heterocycles. The number of carbonyl (C=O) groups is 1. The number of hydrogen-bond acceptors (Lipinski definition) is 3. The summed E-state index contributed by atoms with van der Waals surface area (Å²) in [6, 6.07) is 4.48. The lowest BCUT2D eigenvalue weighted by Crippen LogP contribution is -2.07. The summed E-state index contributed by atoms with van der Waals surface area (Å²) >= 11 is 5.97. The first kappa shape index (κ1) is 15.4. The van der Waals surface area contributed by atoms with Gasteiger partial charge in [0.25, 0.3) is 0 Å². The largest absolute Gasteiger partial charge is 0.462 e. The summed E-state index contributed by atoms with van der Waals surface area (Å²) in [5, 5.41) is 3.73. The molecule has 0 spiro atoms. The van der Waals surface area contributed by atoms with Crippen LogP contribution in [0.1, 0.15) is 22.8 Å². The minimum absolute atomic E-state index is 0.00377. The molecule has 0 unspecified atom stereocenters. The lowest BCUT2D eigenvalue weighted by atomic mass is 10.2. The molecule has 0 N–H and O–H groups in total. The molecule has 21 heavy (non-hydrogen) atoms. The minimum Gasteiger partial charge on any atom is -0.462 e. The molecule has 8 heteroatoms. The fourth-order valence-corrected chi connectivity index (χ4v) is 1.94. The molecule has 0 bridgehead atoms. The predicted molar refractivity (Wildman–Crippen MR) is 69.5 cm³/mol. The highest BCUT2D eigenvalue weighted by Crippen LogP contribution is 2.31. The first-order valence-corrected chi connectivity index (χ1v) is 6.30. The van der Waals surface area contributed by atoms with Crippen LogP contribution in [0.2, 0.25) is 5.15 Å². The second-order valence-electron chi connectivity index (χ2n) is 4.03. The molecular weight excluding hydrogens is 309 g/mol. The van der Waals surface area contributed by atoms with E-state index in [1.54, 1.807) is 6.92 Å². The van der Waals surface area contributed by atoms with Gasteiger partial charge in [0.2, 0.25) is 0 Å². The Labute approximate surface area is 123 Å². The highest BCUT2D eigenvalue weighted by Gasteiger charge is 2.31. The van der Waals surface area contributed by atoms with Gasteiger partial charge in [-0.1, -0.05) is 17.7 Å². The summed E-state index contributed by atoms with van der Waals surface area (Å²) in [4.78, 5) is 11.6.